The molecule has 0 unspecified atom stereocenters. The fourth-order valence-electron chi connectivity index (χ4n) is 2.15. The number of nitrogens with one attached hydrogen (secondary N) is 2. The van der Waals surface area contributed by atoms with Gasteiger partial charge in [0.2, 0.25) is 0 Å². The highest BCUT2D eigenvalue weighted by Gasteiger charge is 2.31. The SMILES string of the molecule is O=S(=O)(Nc1ccc(C(F)(F)F)cc1F)c1c[nH]c2nc(Cl)ccc12. The van der Waals surface area contributed by atoms with E-state index in [9.17, 15) is 26.0 Å². The predicted molar refractivity (Wildman–Crippen MR) is 83.3 cm³/mol. The maximum atomic E-state index is 13.9. The van der Waals surface area contributed by atoms with Crippen molar-refractivity contribution in [1.82, 2.24) is 9.97 Å². The highest BCUT2D eigenvalue weighted by Crippen LogP contribution is 2.32. The molecule has 132 valence electrons. The van der Waals surface area contributed by atoms with Crippen molar-refractivity contribution < 1.29 is 26.0 Å². The molecule has 2 aromatic heterocycles. The van der Waals surface area contributed by atoms with Gasteiger partial charge in [-0.2, -0.15) is 13.2 Å². The van der Waals surface area contributed by atoms with Crippen LogP contribution >= 0.6 is 11.6 Å². The Morgan fingerprint density at radius 2 is 1.88 bits per heavy atom. The van der Waals surface area contributed by atoms with E-state index in [1.54, 1.807) is 0 Å². The van der Waals surface area contributed by atoms with Crippen molar-refractivity contribution in [2.45, 2.75) is 11.1 Å². The molecular weight excluding hydrogens is 386 g/mol. The number of anilines is 1. The van der Waals surface area contributed by atoms with Crippen LogP contribution in [-0.2, 0) is 16.2 Å². The van der Waals surface area contributed by atoms with Gasteiger partial charge in [-0.1, -0.05) is 11.6 Å². The number of alkyl halides is 3. The van der Waals surface area contributed by atoms with E-state index in [2.05, 4.69) is 9.97 Å². The van der Waals surface area contributed by atoms with Crippen LogP contribution in [0.2, 0.25) is 5.15 Å². The van der Waals surface area contributed by atoms with E-state index in [4.69, 9.17) is 11.6 Å². The van der Waals surface area contributed by atoms with Crippen LogP contribution in [0.1, 0.15) is 5.56 Å². The molecule has 0 atom stereocenters. The quantitative estimate of drug-likeness (QED) is 0.518. The maximum absolute atomic E-state index is 13.9. The molecule has 0 aliphatic heterocycles. The van der Waals surface area contributed by atoms with Crippen LogP contribution in [-0.4, -0.2) is 18.4 Å². The van der Waals surface area contributed by atoms with Gasteiger partial charge in [-0.25, -0.2) is 17.8 Å². The lowest BCUT2D eigenvalue weighted by atomic mass is 10.2. The molecular formula is C14H8ClF4N3O2S. The molecule has 3 rings (SSSR count). The summed E-state index contributed by atoms with van der Waals surface area (Å²) in [5, 5.41) is 0.337. The van der Waals surface area contributed by atoms with Crippen molar-refractivity contribution in [2.24, 2.45) is 0 Å². The van der Waals surface area contributed by atoms with E-state index < -0.39 is 33.3 Å². The van der Waals surface area contributed by atoms with Gasteiger partial charge in [0, 0.05) is 11.6 Å². The largest absolute Gasteiger partial charge is 0.416 e. The number of aromatic nitrogens is 2. The first-order valence-corrected chi connectivity index (χ1v) is 8.47. The molecule has 5 nitrogen and oxygen atoms in total. The molecule has 0 aliphatic rings. The molecule has 2 heterocycles. The van der Waals surface area contributed by atoms with Crippen LogP contribution in [0, 0.1) is 5.82 Å². The number of hydrogen-bond donors (Lipinski definition) is 2. The Hall–Kier alpha value is -2.33. The third kappa shape index (κ3) is 3.40. The molecule has 0 spiro atoms. The highest BCUT2D eigenvalue weighted by molar-refractivity contribution is 7.93. The Morgan fingerprint density at radius 3 is 2.52 bits per heavy atom. The summed E-state index contributed by atoms with van der Waals surface area (Å²) in [6.45, 7) is 0. The Labute approximate surface area is 143 Å². The third-order valence-corrected chi connectivity index (χ3v) is 4.91. The van der Waals surface area contributed by atoms with E-state index in [1.807, 2.05) is 4.72 Å². The number of nitrogens with zero attached hydrogens (tertiary/aromatic N) is 1. The molecule has 0 amide bonds. The minimum absolute atomic E-state index is 0.139. The van der Waals surface area contributed by atoms with Crippen molar-refractivity contribution in [2.75, 3.05) is 4.72 Å². The Balaban J connectivity index is 1.99. The minimum atomic E-state index is -4.74. The topological polar surface area (TPSA) is 74.8 Å². The molecule has 3 aromatic rings. The van der Waals surface area contributed by atoms with Crippen molar-refractivity contribution in [3.63, 3.8) is 0 Å². The van der Waals surface area contributed by atoms with Crippen molar-refractivity contribution >= 4 is 38.3 Å². The molecule has 11 heteroatoms. The summed E-state index contributed by atoms with van der Waals surface area (Å²) in [5.74, 6) is -1.35. The molecule has 0 saturated heterocycles. The second-order valence-corrected chi connectivity index (χ2v) is 7.02. The maximum Gasteiger partial charge on any atom is 0.416 e. The minimum Gasteiger partial charge on any atom is -0.345 e. The first-order valence-electron chi connectivity index (χ1n) is 6.61. The Bertz CT molecular complexity index is 1060. The van der Waals surface area contributed by atoms with Gasteiger partial charge in [0.1, 0.15) is 21.5 Å². The smallest absolute Gasteiger partial charge is 0.345 e. The normalized spacial score (nSPS) is 12.5. The Morgan fingerprint density at radius 1 is 1.16 bits per heavy atom. The van der Waals surface area contributed by atoms with Gasteiger partial charge in [-0.15, -0.1) is 0 Å². The van der Waals surface area contributed by atoms with E-state index in [-0.39, 0.29) is 27.1 Å². The predicted octanol–water partition coefficient (Wildman–Crippen LogP) is 4.18. The van der Waals surface area contributed by atoms with E-state index in [1.165, 1.54) is 12.1 Å². The van der Waals surface area contributed by atoms with Crippen molar-refractivity contribution in [1.29, 1.82) is 0 Å². The number of halogens is 5. The first-order chi connectivity index (χ1) is 11.6. The number of pyridine rings is 1. The summed E-state index contributed by atoms with van der Waals surface area (Å²) in [6.07, 6.45) is -3.61. The fraction of sp³-hybridized carbons (Fsp3) is 0.0714. The number of H-pyrrole nitrogens is 1. The lowest BCUT2D eigenvalue weighted by Crippen LogP contribution is -2.14. The Kier molecular flexibility index (Phi) is 4.12. The van der Waals surface area contributed by atoms with Gasteiger partial charge in [-0.05, 0) is 30.3 Å². The molecule has 25 heavy (non-hydrogen) atoms. The van der Waals surface area contributed by atoms with Crippen LogP contribution < -0.4 is 4.72 Å². The standard InChI is InChI=1S/C14H8ClF4N3O2S/c15-12-4-2-8-11(6-20-13(8)21-12)25(23,24)22-10-3-1-7(5-9(10)16)14(17,18)19/h1-6,22H,(H,20,21). The van der Waals surface area contributed by atoms with Gasteiger partial charge in [0.15, 0.2) is 0 Å². The van der Waals surface area contributed by atoms with Gasteiger partial charge in [0.25, 0.3) is 10.0 Å². The highest BCUT2D eigenvalue weighted by atomic mass is 35.5. The van der Waals surface area contributed by atoms with Crippen LogP contribution in [0.25, 0.3) is 11.0 Å². The summed E-state index contributed by atoms with van der Waals surface area (Å²) in [5.41, 5.74) is -1.64. The zero-order chi connectivity index (χ0) is 18.4. The lowest BCUT2D eigenvalue weighted by molar-refractivity contribution is -0.137. The molecule has 1 aromatic carbocycles. The van der Waals surface area contributed by atoms with Gasteiger partial charge >= 0.3 is 6.18 Å². The summed E-state index contributed by atoms with van der Waals surface area (Å²) in [4.78, 5) is 6.25. The van der Waals surface area contributed by atoms with E-state index >= 15 is 0 Å². The summed E-state index contributed by atoms with van der Waals surface area (Å²) >= 11 is 5.71. The molecule has 0 bridgehead atoms. The summed E-state index contributed by atoms with van der Waals surface area (Å²) in [7, 11) is -4.27. The van der Waals surface area contributed by atoms with Gasteiger partial charge < -0.3 is 4.98 Å². The average molecular weight is 394 g/mol. The zero-order valence-electron chi connectivity index (χ0n) is 12.0. The number of fused-ring (bicyclic) bond motifs is 1. The number of aromatic amines is 1. The lowest BCUT2D eigenvalue weighted by Gasteiger charge is -2.11. The second kappa shape index (κ2) is 5.88. The van der Waals surface area contributed by atoms with Gasteiger partial charge in [-0.3, -0.25) is 4.72 Å². The van der Waals surface area contributed by atoms with Gasteiger partial charge in [0.05, 0.1) is 11.3 Å². The molecule has 0 fully saturated rings. The summed E-state index contributed by atoms with van der Waals surface area (Å²) < 4.78 is 78.2. The molecule has 0 aliphatic carbocycles. The first kappa shape index (κ1) is 17.5. The van der Waals surface area contributed by atoms with Crippen LogP contribution in [0.5, 0.6) is 0 Å². The molecule has 0 saturated carbocycles. The van der Waals surface area contributed by atoms with Crippen molar-refractivity contribution in [3.05, 3.63) is 53.1 Å². The average Bonchev–Trinajstić information content (AvgIpc) is 2.91. The number of hydrogen-bond acceptors (Lipinski definition) is 3. The number of benzene rings is 1. The number of sulfonamides is 1. The van der Waals surface area contributed by atoms with E-state index in [0.717, 1.165) is 6.20 Å². The zero-order valence-corrected chi connectivity index (χ0v) is 13.6. The molecule has 2 N–H and O–H groups in total. The third-order valence-electron chi connectivity index (χ3n) is 3.30. The van der Waals surface area contributed by atoms with E-state index in [0.29, 0.717) is 12.1 Å². The van der Waals surface area contributed by atoms with Crippen LogP contribution in [0.4, 0.5) is 23.2 Å². The van der Waals surface area contributed by atoms with Crippen molar-refractivity contribution in [3.8, 4) is 0 Å². The van der Waals surface area contributed by atoms with Crippen LogP contribution in [0.15, 0.2) is 41.4 Å². The summed E-state index contributed by atoms with van der Waals surface area (Å²) in [6, 6.07) is 4.28. The molecule has 0 radical (unpaired) electrons. The second-order valence-electron chi connectivity index (χ2n) is 4.98. The number of rotatable bonds is 3. The monoisotopic (exact) mass is 393 g/mol. The van der Waals surface area contributed by atoms with Crippen LogP contribution in [0.3, 0.4) is 0 Å². The fourth-order valence-corrected chi connectivity index (χ4v) is 3.53.